The topological polar surface area (TPSA) is 70.6 Å². The first kappa shape index (κ1) is 21.4. The van der Waals surface area contributed by atoms with Crippen LogP contribution in [-0.2, 0) is 16.1 Å². The van der Waals surface area contributed by atoms with Gasteiger partial charge in [-0.1, -0.05) is 24.3 Å². The lowest BCUT2D eigenvalue weighted by atomic mass is 10.1. The molecule has 0 saturated carbocycles. The molecule has 0 aliphatic carbocycles. The molecular formula is C22H24FN5O2S. The van der Waals surface area contributed by atoms with Crippen molar-refractivity contribution in [2.24, 2.45) is 0 Å². The molecule has 9 heteroatoms. The maximum absolute atomic E-state index is 13.9. The van der Waals surface area contributed by atoms with Crippen molar-refractivity contribution < 1.29 is 13.9 Å². The van der Waals surface area contributed by atoms with E-state index >= 15 is 0 Å². The van der Waals surface area contributed by atoms with Crippen LogP contribution in [0.2, 0.25) is 0 Å². The van der Waals surface area contributed by atoms with Gasteiger partial charge in [-0.05, 0) is 25.2 Å². The van der Waals surface area contributed by atoms with Gasteiger partial charge in [0.25, 0.3) is 0 Å². The molecule has 0 bridgehead atoms. The summed E-state index contributed by atoms with van der Waals surface area (Å²) in [5.74, 6) is 0.416. The van der Waals surface area contributed by atoms with Gasteiger partial charge in [0.2, 0.25) is 5.91 Å². The maximum atomic E-state index is 13.9. The number of aromatic nitrogens is 2. The Morgan fingerprint density at radius 3 is 3.00 bits per heavy atom. The number of carbonyl (C=O) groups is 1. The molecule has 1 fully saturated rings. The fourth-order valence-corrected chi connectivity index (χ4v) is 3.99. The SMILES string of the molecule is CN(CC(=O)N1CCOC(c2cccc(Nc3nccs3)n2)C1)Cc1ccccc1F. The second-order valence-electron chi connectivity index (χ2n) is 7.37. The van der Waals surface area contributed by atoms with Crippen molar-refractivity contribution >= 4 is 28.2 Å². The number of thiazole rings is 1. The van der Waals surface area contributed by atoms with Gasteiger partial charge in [-0.3, -0.25) is 9.69 Å². The minimum absolute atomic E-state index is 0.01000. The number of nitrogens with zero attached hydrogens (tertiary/aromatic N) is 4. The Hall–Kier alpha value is -2.88. The molecule has 1 atom stereocenters. The molecule has 1 N–H and O–H groups in total. The van der Waals surface area contributed by atoms with Crippen LogP contribution in [0.4, 0.5) is 15.3 Å². The monoisotopic (exact) mass is 441 g/mol. The van der Waals surface area contributed by atoms with E-state index in [4.69, 9.17) is 4.74 Å². The van der Waals surface area contributed by atoms with Crippen molar-refractivity contribution in [3.05, 3.63) is 71.1 Å². The third kappa shape index (κ3) is 5.63. The van der Waals surface area contributed by atoms with Crippen molar-refractivity contribution in [3.63, 3.8) is 0 Å². The second kappa shape index (κ2) is 9.95. The first-order valence-electron chi connectivity index (χ1n) is 10.0. The molecule has 1 unspecified atom stereocenters. The smallest absolute Gasteiger partial charge is 0.236 e. The summed E-state index contributed by atoms with van der Waals surface area (Å²) >= 11 is 1.50. The number of hydrogen-bond acceptors (Lipinski definition) is 7. The molecule has 0 radical (unpaired) electrons. The van der Waals surface area contributed by atoms with Gasteiger partial charge in [0.05, 0.1) is 25.4 Å². The first-order valence-corrected chi connectivity index (χ1v) is 10.9. The number of amides is 1. The Balaban J connectivity index is 1.35. The van der Waals surface area contributed by atoms with E-state index in [2.05, 4.69) is 15.3 Å². The zero-order valence-electron chi connectivity index (χ0n) is 17.2. The average molecular weight is 442 g/mol. The minimum Gasteiger partial charge on any atom is -0.368 e. The number of morpholine rings is 1. The van der Waals surface area contributed by atoms with Crippen LogP contribution in [0.3, 0.4) is 0 Å². The Labute approximate surface area is 184 Å². The summed E-state index contributed by atoms with van der Waals surface area (Å²) in [7, 11) is 1.82. The van der Waals surface area contributed by atoms with Gasteiger partial charge in [-0.15, -0.1) is 11.3 Å². The van der Waals surface area contributed by atoms with Gasteiger partial charge in [0, 0.05) is 30.2 Å². The Bertz CT molecular complexity index is 1020. The molecule has 7 nitrogen and oxygen atoms in total. The quantitative estimate of drug-likeness (QED) is 0.606. The molecule has 3 aromatic rings. The normalized spacial score (nSPS) is 16.5. The van der Waals surface area contributed by atoms with E-state index in [9.17, 15) is 9.18 Å². The van der Waals surface area contributed by atoms with Gasteiger partial charge < -0.3 is 15.0 Å². The van der Waals surface area contributed by atoms with E-state index in [1.165, 1.54) is 17.4 Å². The molecule has 3 heterocycles. The highest BCUT2D eigenvalue weighted by atomic mass is 32.1. The highest BCUT2D eigenvalue weighted by Gasteiger charge is 2.27. The Morgan fingerprint density at radius 2 is 2.19 bits per heavy atom. The highest BCUT2D eigenvalue weighted by Crippen LogP contribution is 2.24. The Morgan fingerprint density at radius 1 is 1.32 bits per heavy atom. The molecular weight excluding hydrogens is 417 g/mol. The zero-order valence-corrected chi connectivity index (χ0v) is 18.0. The molecule has 31 heavy (non-hydrogen) atoms. The van der Waals surface area contributed by atoms with E-state index < -0.39 is 0 Å². The molecule has 1 aromatic carbocycles. The number of pyridine rings is 1. The number of nitrogens with one attached hydrogen (secondary N) is 1. The van der Waals surface area contributed by atoms with Gasteiger partial charge in [-0.25, -0.2) is 14.4 Å². The summed E-state index contributed by atoms with van der Waals surface area (Å²) in [5.41, 5.74) is 1.34. The van der Waals surface area contributed by atoms with Crippen LogP contribution >= 0.6 is 11.3 Å². The zero-order chi connectivity index (χ0) is 21.6. The van der Waals surface area contributed by atoms with E-state index in [-0.39, 0.29) is 24.4 Å². The highest BCUT2D eigenvalue weighted by molar-refractivity contribution is 7.13. The number of carbonyl (C=O) groups excluding carboxylic acids is 1. The minimum atomic E-state index is -0.299. The number of benzene rings is 1. The lowest BCUT2D eigenvalue weighted by Crippen LogP contribution is -2.46. The molecule has 162 valence electrons. The fourth-order valence-electron chi connectivity index (χ4n) is 3.45. The van der Waals surface area contributed by atoms with Crippen LogP contribution in [0.1, 0.15) is 17.4 Å². The second-order valence-corrected chi connectivity index (χ2v) is 8.27. The number of ether oxygens (including phenoxy) is 1. The first-order chi connectivity index (χ1) is 15.1. The summed E-state index contributed by atoms with van der Waals surface area (Å²) in [6.45, 7) is 1.98. The molecule has 1 aliphatic rings. The third-order valence-corrected chi connectivity index (χ3v) is 5.68. The largest absolute Gasteiger partial charge is 0.368 e. The van der Waals surface area contributed by atoms with E-state index in [1.54, 1.807) is 29.3 Å². The van der Waals surface area contributed by atoms with Gasteiger partial charge in [-0.2, -0.15) is 0 Å². The van der Waals surface area contributed by atoms with Crippen LogP contribution < -0.4 is 5.32 Å². The average Bonchev–Trinajstić information content (AvgIpc) is 3.28. The number of rotatable bonds is 7. The van der Waals surface area contributed by atoms with Crippen molar-refractivity contribution in [1.29, 1.82) is 0 Å². The molecule has 1 saturated heterocycles. The van der Waals surface area contributed by atoms with Crippen molar-refractivity contribution in [2.75, 3.05) is 38.6 Å². The number of anilines is 2. The van der Waals surface area contributed by atoms with Crippen LogP contribution in [0.25, 0.3) is 0 Å². The summed E-state index contributed by atoms with van der Waals surface area (Å²) in [5, 5.41) is 5.83. The Kier molecular flexibility index (Phi) is 6.86. The number of hydrogen-bond donors (Lipinski definition) is 1. The van der Waals surface area contributed by atoms with Gasteiger partial charge in [0.15, 0.2) is 5.13 Å². The predicted octanol–water partition coefficient (Wildman–Crippen LogP) is 3.45. The maximum Gasteiger partial charge on any atom is 0.236 e. The summed E-state index contributed by atoms with van der Waals surface area (Å²) in [6.07, 6.45) is 1.43. The van der Waals surface area contributed by atoms with Crippen LogP contribution in [-0.4, -0.2) is 59.0 Å². The summed E-state index contributed by atoms with van der Waals surface area (Å²) < 4.78 is 19.8. The summed E-state index contributed by atoms with van der Waals surface area (Å²) in [6, 6.07) is 12.3. The van der Waals surface area contributed by atoms with Gasteiger partial charge >= 0.3 is 0 Å². The van der Waals surface area contributed by atoms with Crippen LogP contribution in [0.5, 0.6) is 0 Å². The van der Waals surface area contributed by atoms with Crippen LogP contribution in [0, 0.1) is 5.82 Å². The van der Waals surface area contributed by atoms with Gasteiger partial charge in [0.1, 0.15) is 17.7 Å². The molecule has 0 spiro atoms. The lowest BCUT2D eigenvalue weighted by molar-refractivity contribution is -0.140. The van der Waals surface area contributed by atoms with E-state index in [1.807, 2.05) is 35.5 Å². The molecule has 2 aromatic heterocycles. The predicted molar refractivity (Wildman–Crippen MR) is 118 cm³/mol. The van der Waals surface area contributed by atoms with E-state index in [0.29, 0.717) is 37.6 Å². The standard InChI is InChI=1S/C22H24FN5O2S/c1-27(13-16-5-2-3-6-17(16)23)15-21(29)28-10-11-30-19(14-28)18-7-4-8-20(25-18)26-22-24-9-12-31-22/h2-9,12,19H,10-11,13-15H2,1H3,(H,24,25,26). The van der Waals surface area contributed by atoms with Crippen molar-refractivity contribution in [3.8, 4) is 0 Å². The molecule has 4 rings (SSSR count). The van der Waals surface area contributed by atoms with Crippen molar-refractivity contribution in [2.45, 2.75) is 12.6 Å². The third-order valence-electron chi connectivity index (χ3n) is 4.99. The summed E-state index contributed by atoms with van der Waals surface area (Å²) in [4.78, 5) is 25.3. The fraction of sp³-hybridized carbons (Fsp3) is 0.318. The number of likely N-dealkylation sites (N-methyl/N-ethyl adjacent to an activating group) is 1. The van der Waals surface area contributed by atoms with E-state index in [0.717, 1.165) is 10.8 Å². The molecule has 1 amide bonds. The number of halogens is 1. The lowest BCUT2D eigenvalue weighted by Gasteiger charge is -2.33. The van der Waals surface area contributed by atoms with Crippen LogP contribution in [0.15, 0.2) is 54.0 Å². The molecule has 1 aliphatic heterocycles. The van der Waals surface area contributed by atoms with Crippen molar-refractivity contribution in [1.82, 2.24) is 19.8 Å².